The molecule has 10 rings (SSSR count). The average molecular weight is 1000 g/mol. The van der Waals surface area contributed by atoms with E-state index in [9.17, 15) is 2.74 Å². The second-order valence-corrected chi connectivity index (χ2v) is 16.9. The van der Waals surface area contributed by atoms with Crippen LogP contribution < -0.4 is 9.80 Å². The number of hydrogen-bond acceptors (Lipinski definition) is 3. The van der Waals surface area contributed by atoms with Crippen molar-refractivity contribution in [3.63, 3.8) is 0 Å². The van der Waals surface area contributed by atoms with Crippen LogP contribution in [0.5, 0.6) is 0 Å². The Kier molecular flexibility index (Phi) is 6.89. The number of aromatic nitrogens is 2. The molecular formula is C57H49N4Pt-3. The minimum Gasteiger partial charge on any atom is -0.493 e. The van der Waals surface area contributed by atoms with Crippen molar-refractivity contribution in [1.29, 1.82) is 0 Å². The minimum absolute atomic E-state index is 0. The zero-order valence-electron chi connectivity index (χ0n) is 50.8. The van der Waals surface area contributed by atoms with Crippen molar-refractivity contribution in [2.75, 3.05) is 9.80 Å². The molecule has 0 spiro atoms. The fourth-order valence-corrected chi connectivity index (χ4v) is 7.74. The van der Waals surface area contributed by atoms with Gasteiger partial charge in [0.15, 0.2) is 0 Å². The Morgan fingerprint density at radius 3 is 1.90 bits per heavy atom. The number of anilines is 4. The van der Waals surface area contributed by atoms with Crippen LogP contribution in [0.3, 0.4) is 0 Å². The first-order valence-corrected chi connectivity index (χ1v) is 19.9. The summed E-state index contributed by atoms with van der Waals surface area (Å²) < 4.78 is 145. The van der Waals surface area contributed by atoms with Gasteiger partial charge in [-0.05, 0) is 69.6 Å². The molecule has 4 nitrogen and oxygen atoms in total. The number of pyridine rings is 1. The number of benzene rings is 7. The number of nitrogens with zero attached hydrogens (tertiary/aromatic N) is 4. The van der Waals surface area contributed by atoms with Gasteiger partial charge in [-0.25, -0.2) is 4.98 Å². The fraction of sp³-hybridized carbons (Fsp3) is 0.158. The standard InChI is InChI=1S/C57H49N4.Pt/c1-56(2,3)43-30-31-58-54(37-43)61-50-25-14-13-22-48(50)49-29-28-39(35-53(49)61)32-40-33-44(57(4,5)6)36-45(34-40)59-38-60(52-27-16-15-26-51(52)59)55-46(41-18-9-7-10-19-41)23-17-24-47(55)42-20-11-8-12-21-42;/h7-31,33,36-38H,32H2,1-6H3;/q-3;/i7D,8D,9D,10D,11D,12D,13D,14D,18D,19D,20D,21D,22D,25D,32D2;. The molecule has 7 aromatic carbocycles. The average Bonchev–Trinajstić information content (AvgIpc) is 4.14. The maximum absolute atomic E-state index is 10.0. The molecule has 3 heterocycles. The van der Waals surface area contributed by atoms with Crippen LogP contribution in [0.25, 0.3) is 49.9 Å². The third kappa shape index (κ3) is 7.56. The van der Waals surface area contributed by atoms with E-state index in [1.165, 1.54) is 6.07 Å². The Morgan fingerprint density at radius 1 is 0.613 bits per heavy atom. The summed E-state index contributed by atoms with van der Waals surface area (Å²) in [5.41, 5.74) is 2.63. The van der Waals surface area contributed by atoms with E-state index >= 15 is 0 Å². The van der Waals surface area contributed by atoms with E-state index in [-0.39, 0.29) is 94.1 Å². The fourth-order valence-electron chi connectivity index (χ4n) is 7.74. The molecular weight excluding hydrogens is 936 g/mol. The van der Waals surface area contributed by atoms with Crippen LogP contribution in [-0.2, 0) is 38.3 Å². The van der Waals surface area contributed by atoms with Gasteiger partial charge < -0.3 is 14.4 Å². The van der Waals surface area contributed by atoms with Gasteiger partial charge in [-0.1, -0.05) is 156 Å². The van der Waals surface area contributed by atoms with Gasteiger partial charge in [-0.15, -0.1) is 23.8 Å². The second kappa shape index (κ2) is 16.2. The summed E-state index contributed by atoms with van der Waals surface area (Å²) in [6, 6.07) is 21.9. The molecule has 0 amide bonds. The van der Waals surface area contributed by atoms with Crippen molar-refractivity contribution in [3.8, 4) is 28.1 Å². The van der Waals surface area contributed by atoms with E-state index in [1.54, 1.807) is 75.8 Å². The zero-order valence-corrected chi connectivity index (χ0v) is 37.0. The molecule has 0 N–H and O–H groups in total. The predicted octanol–water partition coefficient (Wildman–Crippen LogP) is 14.7. The molecule has 1 aliphatic heterocycles. The summed E-state index contributed by atoms with van der Waals surface area (Å²) in [7, 11) is 0. The third-order valence-electron chi connectivity index (χ3n) is 10.8. The van der Waals surface area contributed by atoms with E-state index in [0.29, 0.717) is 33.8 Å². The SMILES string of the molecule is [2H]c1c([2H])c([2H])c(-c2cccc(-c3c([2H])c([2H])c([2H])c([2H])c3[2H])c2N2[CH-]N(c3[c-]c(C([2H])([2H])c4[c-]c5c(cc4)c4c([2H])c([2H])c([2H])c([2H])c4n5-c4cc(C(C)(C)C)ccn4)cc(C(C)(C)C)c3)c3ccccc32)c([2H])c1[2H].[Pt]. The van der Waals surface area contributed by atoms with Crippen molar-refractivity contribution in [2.24, 2.45) is 0 Å². The minimum atomic E-state index is -2.36. The van der Waals surface area contributed by atoms with Crippen molar-refractivity contribution in [3.05, 3.63) is 211 Å². The van der Waals surface area contributed by atoms with Gasteiger partial charge in [0.2, 0.25) is 0 Å². The quantitative estimate of drug-likeness (QED) is 0.149. The summed E-state index contributed by atoms with van der Waals surface area (Å²) in [6.45, 7) is 13.7. The van der Waals surface area contributed by atoms with Crippen LogP contribution in [-0.4, -0.2) is 9.55 Å². The Labute approximate surface area is 403 Å². The molecule has 0 aliphatic carbocycles. The van der Waals surface area contributed by atoms with Gasteiger partial charge in [0, 0.05) is 63.7 Å². The molecule has 0 unspecified atom stereocenters. The summed E-state index contributed by atoms with van der Waals surface area (Å²) in [4.78, 5) is 8.11. The van der Waals surface area contributed by atoms with Crippen LogP contribution in [0.15, 0.2) is 170 Å². The van der Waals surface area contributed by atoms with Gasteiger partial charge in [0.1, 0.15) is 5.82 Å². The van der Waals surface area contributed by atoms with E-state index in [4.69, 9.17) is 19.2 Å². The number of rotatable bonds is 7. The maximum atomic E-state index is 10.0. The summed E-state index contributed by atoms with van der Waals surface area (Å²) in [5.74, 6) is 0.357. The first-order valence-electron chi connectivity index (χ1n) is 27.9. The third-order valence-corrected chi connectivity index (χ3v) is 10.8. The van der Waals surface area contributed by atoms with E-state index in [2.05, 4.69) is 17.1 Å². The second-order valence-electron chi connectivity index (χ2n) is 16.9. The molecule has 0 radical (unpaired) electrons. The Hall–Kier alpha value is -6.22. The van der Waals surface area contributed by atoms with Crippen LogP contribution in [0, 0.1) is 18.8 Å². The summed E-state index contributed by atoms with van der Waals surface area (Å²) in [6.07, 6.45) is -0.724. The summed E-state index contributed by atoms with van der Waals surface area (Å²) in [5, 5.41) is 0.648. The summed E-state index contributed by atoms with van der Waals surface area (Å²) >= 11 is 0. The largest absolute Gasteiger partial charge is 0.493 e. The maximum Gasteiger partial charge on any atom is 0.135 e. The van der Waals surface area contributed by atoms with Gasteiger partial charge in [-0.2, -0.15) is 47.0 Å². The smallest absolute Gasteiger partial charge is 0.135 e. The molecule has 0 fully saturated rings. The molecule has 0 bridgehead atoms. The van der Waals surface area contributed by atoms with Gasteiger partial charge in [0.25, 0.3) is 0 Å². The Balaban J connectivity index is 0.00000740. The van der Waals surface area contributed by atoms with Gasteiger partial charge >= 0.3 is 0 Å². The van der Waals surface area contributed by atoms with Crippen LogP contribution >= 0.6 is 0 Å². The molecule has 0 saturated carbocycles. The van der Waals surface area contributed by atoms with Crippen molar-refractivity contribution in [1.82, 2.24) is 9.55 Å². The van der Waals surface area contributed by atoms with Crippen molar-refractivity contribution >= 4 is 44.6 Å². The van der Waals surface area contributed by atoms with Crippen molar-refractivity contribution in [2.45, 2.75) is 58.7 Å². The predicted molar refractivity (Wildman–Crippen MR) is 255 cm³/mol. The van der Waals surface area contributed by atoms with Gasteiger partial charge in [-0.3, -0.25) is 0 Å². The molecule has 9 aromatic rings. The normalized spacial score (nSPS) is 16.7. The van der Waals surface area contributed by atoms with E-state index < -0.39 is 84.3 Å². The number of hydrogen-bond donors (Lipinski definition) is 0. The molecule has 1 aliphatic rings. The molecule has 0 saturated heterocycles. The van der Waals surface area contributed by atoms with Crippen molar-refractivity contribution < 1.29 is 43.0 Å². The van der Waals surface area contributed by atoms with Crippen LogP contribution in [0.2, 0.25) is 0 Å². The number of para-hydroxylation sites is 4. The number of fused-ring (bicyclic) bond motifs is 4. The van der Waals surface area contributed by atoms with Crippen LogP contribution in [0.1, 0.15) is 85.7 Å². The molecule has 62 heavy (non-hydrogen) atoms. The zero-order chi connectivity index (χ0) is 55.9. The molecule has 2 aromatic heterocycles. The van der Waals surface area contributed by atoms with E-state index in [0.717, 1.165) is 5.56 Å². The molecule has 0 atom stereocenters. The molecule has 310 valence electrons. The Bertz CT molecular complexity index is 3850. The Morgan fingerprint density at radius 2 is 1.24 bits per heavy atom. The first kappa shape index (κ1) is 26.3. The first-order chi connectivity index (χ1) is 36.1. The molecule has 5 heteroatoms. The van der Waals surface area contributed by atoms with Crippen LogP contribution in [0.4, 0.5) is 22.7 Å². The van der Waals surface area contributed by atoms with Gasteiger partial charge in [0.05, 0.1) is 19.2 Å². The van der Waals surface area contributed by atoms with E-state index in [1.807, 2.05) is 65.8 Å². The topological polar surface area (TPSA) is 24.3 Å². The monoisotopic (exact) mass is 1000 g/mol.